The maximum atomic E-state index is 12.7. The van der Waals surface area contributed by atoms with Crippen LogP contribution in [0.5, 0.6) is 0 Å². The molecule has 0 spiro atoms. The van der Waals surface area contributed by atoms with Crippen molar-refractivity contribution in [3.8, 4) is 0 Å². The van der Waals surface area contributed by atoms with E-state index in [0.29, 0.717) is 25.0 Å². The van der Waals surface area contributed by atoms with Crippen molar-refractivity contribution in [2.45, 2.75) is 44.4 Å². The smallest absolute Gasteiger partial charge is 0.158 e. The molecule has 2 nitrogen and oxygen atoms in total. The van der Waals surface area contributed by atoms with Crippen LogP contribution in [0.3, 0.4) is 0 Å². The van der Waals surface area contributed by atoms with E-state index in [1.165, 1.54) is 0 Å². The predicted octanol–water partition coefficient (Wildman–Crippen LogP) is 3.36. The molecule has 0 saturated heterocycles. The summed E-state index contributed by atoms with van der Waals surface area (Å²) in [6.07, 6.45) is 3.56. The second-order valence-electron chi connectivity index (χ2n) is 5.57. The van der Waals surface area contributed by atoms with E-state index in [1.54, 1.807) is 0 Å². The zero-order chi connectivity index (χ0) is 13.5. The van der Waals surface area contributed by atoms with Gasteiger partial charge in [-0.3, -0.25) is 9.59 Å². The first-order valence-electron chi connectivity index (χ1n) is 6.98. The van der Waals surface area contributed by atoms with E-state index in [1.807, 2.05) is 37.3 Å². The van der Waals surface area contributed by atoms with Crippen molar-refractivity contribution >= 4 is 11.6 Å². The van der Waals surface area contributed by atoms with Crippen molar-refractivity contribution in [3.63, 3.8) is 0 Å². The lowest BCUT2D eigenvalue weighted by molar-refractivity contribution is -0.126. The average molecular weight is 254 g/mol. The molecular weight excluding hydrogens is 236 g/mol. The standard InChI is InChI=1S/C17H18O2/c1-12-14-8-5-9-16(19)17(14,11-10-15(12)18)13-6-3-2-4-7-13/h2-4,6-7H,5,8-11H2,1H3. The van der Waals surface area contributed by atoms with Crippen LogP contribution in [0.25, 0.3) is 0 Å². The summed E-state index contributed by atoms with van der Waals surface area (Å²) in [4.78, 5) is 24.6. The number of allylic oxidation sites excluding steroid dienone is 2. The third kappa shape index (κ3) is 1.70. The van der Waals surface area contributed by atoms with Crippen LogP contribution in [0.1, 0.15) is 44.6 Å². The molecule has 0 radical (unpaired) electrons. The van der Waals surface area contributed by atoms with Gasteiger partial charge >= 0.3 is 0 Å². The molecule has 2 aliphatic carbocycles. The summed E-state index contributed by atoms with van der Waals surface area (Å²) < 4.78 is 0. The van der Waals surface area contributed by atoms with Crippen molar-refractivity contribution < 1.29 is 9.59 Å². The Bertz CT molecular complexity index is 568. The first-order chi connectivity index (χ1) is 9.16. The zero-order valence-corrected chi connectivity index (χ0v) is 11.2. The number of carbonyl (C=O) groups excluding carboxylic acids is 2. The molecule has 2 heteroatoms. The Morgan fingerprint density at radius 1 is 1.00 bits per heavy atom. The number of fused-ring (bicyclic) bond motifs is 1. The molecule has 0 heterocycles. The Hall–Kier alpha value is -1.70. The summed E-state index contributed by atoms with van der Waals surface area (Å²) in [5.41, 5.74) is 2.49. The summed E-state index contributed by atoms with van der Waals surface area (Å²) in [6, 6.07) is 10.0. The van der Waals surface area contributed by atoms with Crippen molar-refractivity contribution in [2.24, 2.45) is 0 Å². The molecule has 98 valence electrons. The van der Waals surface area contributed by atoms with Gasteiger partial charge in [0.25, 0.3) is 0 Å². The third-order valence-electron chi connectivity index (χ3n) is 4.69. The van der Waals surface area contributed by atoms with Gasteiger partial charge in [0.2, 0.25) is 0 Å². The fourth-order valence-electron chi connectivity index (χ4n) is 3.68. The Balaban J connectivity index is 2.24. The van der Waals surface area contributed by atoms with Gasteiger partial charge in [0, 0.05) is 12.8 Å². The van der Waals surface area contributed by atoms with Crippen molar-refractivity contribution in [1.82, 2.24) is 0 Å². The summed E-state index contributed by atoms with van der Waals surface area (Å²) in [6.45, 7) is 1.90. The van der Waals surface area contributed by atoms with Crippen molar-refractivity contribution in [3.05, 3.63) is 47.0 Å². The van der Waals surface area contributed by atoms with Gasteiger partial charge in [-0.2, -0.15) is 0 Å². The Labute approximate surface area is 113 Å². The Morgan fingerprint density at radius 2 is 1.74 bits per heavy atom. The van der Waals surface area contributed by atoms with E-state index >= 15 is 0 Å². The van der Waals surface area contributed by atoms with Crippen LogP contribution in [0.4, 0.5) is 0 Å². The maximum absolute atomic E-state index is 12.7. The monoisotopic (exact) mass is 254 g/mol. The van der Waals surface area contributed by atoms with Gasteiger partial charge in [-0.1, -0.05) is 30.3 Å². The topological polar surface area (TPSA) is 34.1 Å². The SMILES string of the molecule is CC1=C2CCCC(=O)C2(c2ccccc2)CCC1=O. The van der Waals surface area contributed by atoms with Crippen LogP contribution in [-0.2, 0) is 15.0 Å². The van der Waals surface area contributed by atoms with E-state index in [-0.39, 0.29) is 5.78 Å². The summed E-state index contributed by atoms with van der Waals surface area (Å²) in [7, 11) is 0. The lowest BCUT2D eigenvalue weighted by atomic mass is 9.59. The van der Waals surface area contributed by atoms with E-state index in [9.17, 15) is 9.59 Å². The van der Waals surface area contributed by atoms with Gasteiger partial charge in [0.1, 0.15) is 5.78 Å². The van der Waals surface area contributed by atoms with Gasteiger partial charge < -0.3 is 0 Å². The molecule has 1 aromatic carbocycles. The molecule has 1 aromatic rings. The van der Waals surface area contributed by atoms with Crippen LogP contribution >= 0.6 is 0 Å². The number of benzene rings is 1. The molecule has 0 amide bonds. The molecular formula is C17H18O2. The van der Waals surface area contributed by atoms with E-state index in [4.69, 9.17) is 0 Å². The van der Waals surface area contributed by atoms with Crippen molar-refractivity contribution in [2.75, 3.05) is 0 Å². The van der Waals surface area contributed by atoms with E-state index < -0.39 is 5.41 Å². The first kappa shape index (κ1) is 12.3. The number of carbonyl (C=O) groups is 2. The third-order valence-corrected chi connectivity index (χ3v) is 4.69. The molecule has 1 unspecified atom stereocenters. The van der Waals surface area contributed by atoms with Crippen molar-refractivity contribution in [1.29, 1.82) is 0 Å². The minimum absolute atomic E-state index is 0.219. The fourth-order valence-corrected chi connectivity index (χ4v) is 3.68. The lowest BCUT2D eigenvalue weighted by Gasteiger charge is -2.42. The summed E-state index contributed by atoms with van der Waals surface area (Å²) >= 11 is 0. The maximum Gasteiger partial charge on any atom is 0.158 e. The van der Waals surface area contributed by atoms with Gasteiger partial charge in [-0.05, 0) is 42.9 Å². The largest absolute Gasteiger partial charge is 0.298 e. The predicted molar refractivity (Wildman–Crippen MR) is 73.9 cm³/mol. The normalized spacial score (nSPS) is 27.4. The van der Waals surface area contributed by atoms with Crippen LogP contribution < -0.4 is 0 Å². The lowest BCUT2D eigenvalue weighted by Crippen LogP contribution is -2.44. The second-order valence-corrected chi connectivity index (χ2v) is 5.57. The van der Waals surface area contributed by atoms with E-state index in [2.05, 4.69) is 0 Å². The second kappa shape index (κ2) is 4.44. The van der Waals surface area contributed by atoms with Gasteiger partial charge in [-0.25, -0.2) is 0 Å². The highest BCUT2D eigenvalue weighted by Crippen LogP contribution is 2.48. The highest BCUT2D eigenvalue weighted by molar-refractivity contribution is 6.04. The van der Waals surface area contributed by atoms with Crippen LogP contribution in [0, 0.1) is 0 Å². The molecule has 1 saturated carbocycles. The molecule has 3 rings (SSSR count). The Kier molecular flexibility index (Phi) is 2.89. The fraction of sp³-hybridized carbons (Fsp3) is 0.412. The van der Waals surface area contributed by atoms with Gasteiger partial charge in [0.05, 0.1) is 5.41 Å². The van der Waals surface area contributed by atoms with Crippen LogP contribution in [0.15, 0.2) is 41.5 Å². The van der Waals surface area contributed by atoms with Gasteiger partial charge in [0.15, 0.2) is 5.78 Å². The highest BCUT2D eigenvalue weighted by atomic mass is 16.1. The first-order valence-corrected chi connectivity index (χ1v) is 6.98. The summed E-state index contributed by atoms with van der Waals surface area (Å²) in [5, 5.41) is 0. The molecule has 0 bridgehead atoms. The highest BCUT2D eigenvalue weighted by Gasteiger charge is 2.48. The molecule has 19 heavy (non-hydrogen) atoms. The molecule has 1 atom stereocenters. The molecule has 2 aliphatic rings. The minimum atomic E-state index is -0.502. The number of hydrogen-bond acceptors (Lipinski definition) is 2. The molecule has 1 fully saturated rings. The number of rotatable bonds is 1. The number of ketones is 2. The van der Waals surface area contributed by atoms with Crippen LogP contribution in [0.2, 0.25) is 0 Å². The molecule has 0 aromatic heterocycles. The van der Waals surface area contributed by atoms with Crippen LogP contribution in [-0.4, -0.2) is 11.6 Å². The van der Waals surface area contributed by atoms with Gasteiger partial charge in [-0.15, -0.1) is 0 Å². The van der Waals surface area contributed by atoms with E-state index in [0.717, 1.165) is 29.6 Å². The molecule has 0 N–H and O–H groups in total. The summed E-state index contributed by atoms with van der Waals surface area (Å²) in [5.74, 6) is 0.517. The quantitative estimate of drug-likeness (QED) is 0.770. The number of Topliss-reactive ketones (excluding diaryl/α,β-unsaturated/α-hetero) is 2. The number of hydrogen-bond donors (Lipinski definition) is 0. The molecule has 0 aliphatic heterocycles. The minimum Gasteiger partial charge on any atom is -0.298 e. The zero-order valence-electron chi connectivity index (χ0n) is 11.2. The Morgan fingerprint density at radius 3 is 2.47 bits per heavy atom. The average Bonchev–Trinajstić information content (AvgIpc) is 2.45.